The zero-order valence-electron chi connectivity index (χ0n) is 19.2. The van der Waals surface area contributed by atoms with Crippen LogP contribution in [0.1, 0.15) is 40.9 Å². The Morgan fingerprint density at radius 1 is 1.12 bits per heavy atom. The zero-order valence-corrected chi connectivity index (χ0v) is 20.0. The van der Waals surface area contributed by atoms with Crippen molar-refractivity contribution in [3.05, 3.63) is 53.5 Å². The third-order valence-electron chi connectivity index (χ3n) is 6.63. The Labute approximate surface area is 195 Å². The highest BCUT2D eigenvalue weighted by Gasteiger charge is 2.26. The lowest BCUT2D eigenvalue weighted by Gasteiger charge is -2.34. The van der Waals surface area contributed by atoms with Crippen LogP contribution in [0, 0.1) is 12.8 Å². The van der Waals surface area contributed by atoms with Crippen molar-refractivity contribution in [2.45, 2.75) is 37.6 Å². The number of hydrogen-bond acceptors (Lipinski definition) is 6. The molecule has 1 amide bonds. The molecule has 0 atom stereocenters. The molecule has 2 aromatic rings. The van der Waals surface area contributed by atoms with E-state index in [-0.39, 0.29) is 17.3 Å². The highest BCUT2D eigenvalue weighted by atomic mass is 32.2. The first-order valence-electron chi connectivity index (χ1n) is 11.6. The maximum absolute atomic E-state index is 13.2. The van der Waals surface area contributed by atoms with Crippen LogP contribution in [0.5, 0.6) is 0 Å². The zero-order chi connectivity index (χ0) is 23.3. The summed E-state index contributed by atoms with van der Waals surface area (Å²) >= 11 is 0. The van der Waals surface area contributed by atoms with Crippen LogP contribution in [0.25, 0.3) is 0 Å². The smallest absolute Gasteiger partial charge is 0.254 e. The van der Waals surface area contributed by atoms with E-state index in [9.17, 15) is 13.2 Å². The topological polar surface area (TPSA) is 92.1 Å². The van der Waals surface area contributed by atoms with E-state index in [0.717, 1.165) is 57.7 Å². The lowest BCUT2D eigenvalue weighted by Crippen LogP contribution is -2.41. The molecule has 2 fully saturated rings. The van der Waals surface area contributed by atoms with Gasteiger partial charge in [-0.1, -0.05) is 6.07 Å². The third-order valence-corrected chi connectivity index (χ3v) is 8.02. The Balaban J connectivity index is 1.34. The van der Waals surface area contributed by atoms with Crippen molar-refractivity contribution < 1.29 is 22.4 Å². The standard InChI is InChI=1S/C24H33N3O5S/c1-19-4-5-22(33(29,30)25-18-21-3-2-14-32-21)17-23(19)24(28)27-10-7-20(8-11-27)6-9-26-12-15-31-16-13-26/h2-5,14,17,20,25H,6-13,15-16,18H2,1H3. The second kappa shape index (κ2) is 10.8. The lowest BCUT2D eigenvalue weighted by molar-refractivity contribution is 0.0332. The molecule has 0 radical (unpaired) electrons. The minimum Gasteiger partial charge on any atom is -0.468 e. The second-order valence-corrected chi connectivity index (χ2v) is 10.6. The van der Waals surface area contributed by atoms with Crippen LogP contribution in [0.3, 0.4) is 0 Å². The van der Waals surface area contributed by atoms with Gasteiger partial charge in [0.05, 0.1) is 30.9 Å². The van der Waals surface area contributed by atoms with E-state index in [0.29, 0.717) is 30.3 Å². The second-order valence-electron chi connectivity index (χ2n) is 8.86. The van der Waals surface area contributed by atoms with Crippen molar-refractivity contribution in [3.63, 3.8) is 0 Å². The number of carbonyl (C=O) groups excluding carboxylic acids is 1. The molecular formula is C24H33N3O5S. The summed E-state index contributed by atoms with van der Waals surface area (Å²) in [6.07, 6.45) is 4.61. The number of carbonyl (C=O) groups is 1. The highest BCUT2D eigenvalue weighted by Crippen LogP contribution is 2.24. The largest absolute Gasteiger partial charge is 0.468 e. The van der Waals surface area contributed by atoms with Crippen molar-refractivity contribution in [2.24, 2.45) is 5.92 Å². The number of ether oxygens (including phenoxy) is 1. The predicted octanol–water partition coefficient (Wildman–Crippen LogP) is 2.64. The number of aryl methyl sites for hydroxylation is 1. The van der Waals surface area contributed by atoms with E-state index in [2.05, 4.69) is 9.62 Å². The van der Waals surface area contributed by atoms with Gasteiger partial charge < -0.3 is 14.1 Å². The van der Waals surface area contributed by atoms with Crippen LogP contribution in [0.4, 0.5) is 0 Å². The molecule has 2 saturated heterocycles. The van der Waals surface area contributed by atoms with E-state index in [1.54, 1.807) is 18.2 Å². The van der Waals surface area contributed by atoms with Gasteiger partial charge in [0.25, 0.3) is 5.91 Å². The molecule has 0 spiro atoms. The van der Waals surface area contributed by atoms with Crippen LogP contribution >= 0.6 is 0 Å². The van der Waals surface area contributed by atoms with Crippen LogP contribution in [0.2, 0.25) is 0 Å². The lowest BCUT2D eigenvalue weighted by atomic mass is 9.92. The molecule has 0 saturated carbocycles. The molecule has 2 aliphatic heterocycles. The first kappa shape index (κ1) is 23.9. The average Bonchev–Trinajstić information content (AvgIpc) is 3.36. The first-order chi connectivity index (χ1) is 15.9. The van der Waals surface area contributed by atoms with Gasteiger partial charge in [0.1, 0.15) is 5.76 Å². The highest BCUT2D eigenvalue weighted by molar-refractivity contribution is 7.89. The Morgan fingerprint density at radius 2 is 1.88 bits per heavy atom. The van der Waals surface area contributed by atoms with E-state index in [1.807, 2.05) is 11.8 Å². The number of amides is 1. The van der Waals surface area contributed by atoms with Gasteiger partial charge in [-0.25, -0.2) is 13.1 Å². The Morgan fingerprint density at radius 3 is 2.58 bits per heavy atom. The third kappa shape index (κ3) is 6.23. The molecule has 1 aromatic carbocycles. The molecule has 1 N–H and O–H groups in total. The van der Waals surface area contributed by atoms with Gasteiger partial charge in [0.15, 0.2) is 0 Å². The molecule has 2 aliphatic rings. The van der Waals surface area contributed by atoms with Gasteiger partial charge in [-0.2, -0.15) is 0 Å². The number of likely N-dealkylation sites (tertiary alicyclic amines) is 1. The maximum Gasteiger partial charge on any atom is 0.254 e. The van der Waals surface area contributed by atoms with Gasteiger partial charge in [-0.05, 0) is 68.5 Å². The molecule has 9 heteroatoms. The van der Waals surface area contributed by atoms with Crippen LogP contribution in [0.15, 0.2) is 45.9 Å². The Kier molecular flexibility index (Phi) is 7.85. The molecule has 180 valence electrons. The minimum atomic E-state index is -3.76. The molecule has 0 unspecified atom stereocenters. The van der Waals surface area contributed by atoms with E-state index in [1.165, 1.54) is 18.4 Å². The van der Waals surface area contributed by atoms with Crippen molar-refractivity contribution >= 4 is 15.9 Å². The summed E-state index contributed by atoms with van der Waals surface area (Å²) in [6, 6.07) is 8.14. The summed E-state index contributed by atoms with van der Waals surface area (Å²) in [4.78, 5) is 17.6. The van der Waals surface area contributed by atoms with Crippen LogP contribution in [-0.2, 0) is 21.3 Å². The predicted molar refractivity (Wildman–Crippen MR) is 124 cm³/mol. The number of hydrogen-bond donors (Lipinski definition) is 1. The van der Waals surface area contributed by atoms with Crippen LogP contribution in [-0.4, -0.2) is 70.1 Å². The SMILES string of the molecule is Cc1ccc(S(=O)(=O)NCc2ccco2)cc1C(=O)N1CCC(CCN2CCOCC2)CC1. The van der Waals surface area contributed by atoms with Crippen molar-refractivity contribution in [3.8, 4) is 0 Å². The van der Waals surface area contributed by atoms with Gasteiger partial charge in [-0.15, -0.1) is 0 Å². The number of piperidine rings is 1. The van der Waals surface area contributed by atoms with E-state index in [4.69, 9.17) is 9.15 Å². The first-order valence-corrected chi connectivity index (χ1v) is 13.1. The normalized spacial score (nSPS) is 18.5. The summed E-state index contributed by atoms with van der Waals surface area (Å²) < 4.78 is 38.6. The number of furan rings is 1. The molecular weight excluding hydrogens is 442 g/mol. The van der Waals surface area contributed by atoms with Gasteiger partial charge in [0, 0.05) is 31.7 Å². The molecule has 0 bridgehead atoms. The van der Waals surface area contributed by atoms with Crippen molar-refractivity contribution in [1.82, 2.24) is 14.5 Å². The van der Waals surface area contributed by atoms with Crippen molar-refractivity contribution in [2.75, 3.05) is 45.9 Å². The number of morpholine rings is 1. The number of rotatable bonds is 8. The molecule has 3 heterocycles. The van der Waals surface area contributed by atoms with E-state index < -0.39 is 10.0 Å². The number of nitrogens with zero attached hydrogens (tertiary/aromatic N) is 2. The Bertz CT molecular complexity index is 1020. The molecule has 8 nitrogen and oxygen atoms in total. The monoisotopic (exact) mass is 475 g/mol. The summed E-state index contributed by atoms with van der Waals surface area (Å²) in [5.74, 6) is 1.05. The summed E-state index contributed by atoms with van der Waals surface area (Å²) in [7, 11) is -3.76. The quantitative estimate of drug-likeness (QED) is 0.631. The molecule has 1 aromatic heterocycles. The van der Waals surface area contributed by atoms with Crippen molar-refractivity contribution in [1.29, 1.82) is 0 Å². The number of sulfonamides is 1. The van der Waals surface area contributed by atoms with Gasteiger partial charge >= 0.3 is 0 Å². The summed E-state index contributed by atoms with van der Waals surface area (Å²) in [5.41, 5.74) is 1.22. The molecule has 4 rings (SSSR count). The van der Waals surface area contributed by atoms with Crippen LogP contribution < -0.4 is 4.72 Å². The van der Waals surface area contributed by atoms with Gasteiger partial charge in [0.2, 0.25) is 10.0 Å². The molecule has 33 heavy (non-hydrogen) atoms. The molecule has 0 aliphatic carbocycles. The summed E-state index contributed by atoms with van der Waals surface area (Å²) in [5, 5.41) is 0. The Hall–Kier alpha value is -2.20. The number of benzene rings is 1. The number of nitrogens with one attached hydrogen (secondary N) is 1. The average molecular weight is 476 g/mol. The van der Waals surface area contributed by atoms with E-state index >= 15 is 0 Å². The maximum atomic E-state index is 13.2. The fourth-order valence-electron chi connectivity index (χ4n) is 4.45. The summed E-state index contributed by atoms with van der Waals surface area (Å²) in [6.45, 7) is 8.06. The fourth-order valence-corrected chi connectivity index (χ4v) is 5.47. The minimum absolute atomic E-state index is 0.0600. The van der Waals surface area contributed by atoms with Gasteiger partial charge in [-0.3, -0.25) is 9.69 Å². The fraction of sp³-hybridized carbons (Fsp3) is 0.542.